The topological polar surface area (TPSA) is 34.2 Å². The summed E-state index contributed by atoms with van der Waals surface area (Å²) in [5.74, 6) is 0.693. The molecule has 20 heavy (non-hydrogen) atoms. The average molecular weight is 296 g/mol. The molecule has 0 atom stereocenters. The Morgan fingerprint density at radius 2 is 2.00 bits per heavy atom. The lowest BCUT2D eigenvalue weighted by Gasteiger charge is -2.09. The van der Waals surface area contributed by atoms with E-state index < -0.39 is 0 Å². The van der Waals surface area contributed by atoms with Crippen LogP contribution in [0.25, 0.3) is 0 Å². The van der Waals surface area contributed by atoms with Gasteiger partial charge in [-0.25, -0.2) is 4.98 Å². The van der Waals surface area contributed by atoms with E-state index >= 15 is 0 Å². The number of ether oxygens (including phenoxy) is 1. The predicted molar refractivity (Wildman–Crippen MR) is 85.3 cm³/mol. The van der Waals surface area contributed by atoms with Gasteiger partial charge in [-0.15, -0.1) is 11.3 Å². The zero-order valence-corrected chi connectivity index (χ0v) is 13.7. The molecular weight excluding hydrogens is 268 g/mol. The molecule has 0 aromatic carbocycles. The minimum absolute atomic E-state index is 0.645. The summed E-state index contributed by atoms with van der Waals surface area (Å²) >= 11 is 1.91. The fourth-order valence-corrected chi connectivity index (χ4v) is 4.08. The smallest absolute Gasteiger partial charge is 0.0963 e. The molecule has 1 aliphatic rings. The lowest BCUT2D eigenvalue weighted by Crippen LogP contribution is -2.14. The molecule has 0 amide bonds. The Hall–Kier alpha value is -0.450. The third-order valence-electron chi connectivity index (χ3n) is 3.99. The van der Waals surface area contributed by atoms with Crippen molar-refractivity contribution in [2.24, 2.45) is 0 Å². The van der Waals surface area contributed by atoms with Crippen molar-refractivity contribution in [3.8, 4) is 0 Å². The molecule has 1 aromatic heterocycles. The van der Waals surface area contributed by atoms with Crippen LogP contribution in [0.15, 0.2) is 0 Å². The van der Waals surface area contributed by atoms with Crippen molar-refractivity contribution in [3.63, 3.8) is 0 Å². The molecule has 0 bridgehead atoms. The van der Waals surface area contributed by atoms with Gasteiger partial charge in [-0.05, 0) is 25.8 Å². The van der Waals surface area contributed by atoms with E-state index in [0.29, 0.717) is 12.5 Å². The third kappa shape index (κ3) is 4.54. The van der Waals surface area contributed by atoms with Gasteiger partial charge in [0, 0.05) is 24.4 Å². The van der Waals surface area contributed by atoms with Crippen LogP contribution in [0, 0.1) is 0 Å². The summed E-state index contributed by atoms with van der Waals surface area (Å²) in [5.41, 5.74) is 1.15. The number of thiazole rings is 1. The number of hydrogen-bond acceptors (Lipinski definition) is 4. The average Bonchev–Trinajstić information content (AvgIpc) is 2.68. The molecule has 0 aliphatic heterocycles. The largest absolute Gasteiger partial charge is 0.378 e. The standard InChI is InChI=1S/C16H28N2OS/c1-3-10-17-11-15-14(12-19-2)18-16(20-15)13-8-6-4-5-7-9-13/h13,17H,3-12H2,1-2H3. The van der Waals surface area contributed by atoms with E-state index in [2.05, 4.69) is 12.2 Å². The summed E-state index contributed by atoms with van der Waals surface area (Å²) in [7, 11) is 1.76. The van der Waals surface area contributed by atoms with Crippen molar-refractivity contribution in [2.75, 3.05) is 13.7 Å². The second-order valence-corrected chi connectivity index (χ2v) is 6.84. The van der Waals surface area contributed by atoms with Crippen molar-refractivity contribution in [2.45, 2.75) is 70.9 Å². The maximum Gasteiger partial charge on any atom is 0.0963 e. The molecule has 4 heteroatoms. The lowest BCUT2D eigenvalue weighted by atomic mass is 10.0. The fraction of sp³-hybridized carbons (Fsp3) is 0.812. The van der Waals surface area contributed by atoms with Gasteiger partial charge in [-0.1, -0.05) is 32.6 Å². The summed E-state index contributed by atoms with van der Waals surface area (Å²) in [6, 6.07) is 0. The minimum Gasteiger partial charge on any atom is -0.378 e. The van der Waals surface area contributed by atoms with Crippen molar-refractivity contribution >= 4 is 11.3 Å². The van der Waals surface area contributed by atoms with Gasteiger partial charge in [0.25, 0.3) is 0 Å². The quantitative estimate of drug-likeness (QED) is 0.604. The first-order chi connectivity index (χ1) is 9.85. The van der Waals surface area contributed by atoms with Crippen LogP contribution in [0.5, 0.6) is 0 Å². The Labute approximate surface area is 127 Å². The molecule has 2 rings (SSSR count). The van der Waals surface area contributed by atoms with Crippen LogP contribution in [-0.2, 0) is 17.9 Å². The Morgan fingerprint density at radius 3 is 2.65 bits per heavy atom. The highest BCUT2D eigenvalue weighted by Crippen LogP contribution is 2.35. The van der Waals surface area contributed by atoms with Gasteiger partial charge >= 0.3 is 0 Å². The number of methoxy groups -OCH3 is 1. The SMILES string of the molecule is CCCNCc1sc(C2CCCCCC2)nc1COC. The normalized spacial score (nSPS) is 17.3. The van der Waals surface area contributed by atoms with Gasteiger partial charge in [-0.2, -0.15) is 0 Å². The summed E-state index contributed by atoms with van der Waals surface area (Å²) < 4.78 is 5.32. The van der Waals surface area contributed by atoms with E-state index in [1.807, 2.05) is 11.3 Å². The molecule has 0 unspecified atom stereocenters. The number of nitrogens with one attached hydrogen (secondary N) is 1. The summed E-state index contributed by atoms with van der Waals surface area (Å²) in [6.07, 6.45) is 9.35. The van der Waals surface area contributed by atoms with Crippen LogP contribution in [0.2, 0.25) is 0 Å². The van der Waals surface area contributed by atoms with Gasteiger partial charge in [-0.3, -0.25) is 0 Å². The van der Waals surface area contributed by atoms with Crippen molar-refractivity contribution in [1.82, 2.24) is 10.3 Å². The molecule has 1 N–H and O–H groups in total. The van der Waals surface area contributed by atoms with E-state index in [1.54, 1.807) is 7.11 Å². The van der Waals surface area contributed by atoms with Crippen molar-refractivity contribution in [1.29, 1.82) is 0 Å². The zero-order chi connectivity index (χ0) is 14.2. The van der Waals surface area contributed by atoms with E-state index in [1.165, 1.54) is 54.8 Å². The fourth-order valence-electron chi connectivity index (χ4n) is 2.87. The Balaban J connectivity index is 2.05. The minimum atomic E-state index is 0.645. The van der Waals surface area contributed by atoms with E-state index in [0.717, 1.165) is 18.8 Å². The van der Waals surface area contributed by atoms with Gasteiger partial charge in [0.05, 0.1) is 17.3 Å². The monoisotopic (exact) mass is 296 g/mol. The summed E-state index contributed by atoms with van der Waals surface area (Å²) in [5, 5.41) is 4.85. The van der Waals surface area contributed by atoms with Crippen LogP contribution in [0.4, 0.5) is 0 Å². The second kappa shape index (κ2) is 8.75. The molecule has 0 radical (unpaired) electrons. The number of nitrogens with zero attached hydrogens (tertiary/aromatic N) is 1. The van der Waals surface area contributed by atoms with E-state index in [-0.39, 0.29) is 0 Å². The molecule has 114 valence electrons. The molecule has 1 aromatic rings. The third-order valence-corrected chi connectivity index (χ3v) is 5.25. The van der Waals surface area contributed by atoms with Crippen LogP contribution in [-0.4, -0.2) is 18.6 Å². The zero-order valence-electron chi connectivity index (χ0n) is 12.9. The van der Waals surface area contributed by atoms with Crippen LogP contribution in [0.3, 0.4) is 0 Å². The van der Waals surface area contributed by atoms with Crippen molar-refractivity contribution < 1.29 is 4.74 Å². The second-order valence-electron chi connectivity index (χ2n) is 5.72. The molecule has 1 heterocycles. The first kappa shape index (κ1) is 15.9. The molecule has 0 spiro atoms. The molecule has 3 nitrogen and oxygen atoms in total. The van der Waals surface area contributed by atoms with Gasteiger partial charge in [0.15, 0.2) is 0 Å². The number of aromatic nitrogens is 1. The summed E-state index contributed by atoms with van der Waals surface area (Å²) in [4.78, 5) is 6.27. The molecular formula is C16H28N2OS. The number of hydrogen-bond donors (Lipinski definition) is 1. The Bertz CT molecular complexity index is 384. The van der Waals surface area contributed by atoms with Gasteiger partial charge < -0.3 is 10.1 Å². The Kier molecular flexibility index (Phi) is 6.97. The maximum absolute atomic E-state index is 5.32. The van der Waals surface area contributed by atoms with Gasteiger partial charge in [0.1, 0.15) is 0 Å². The van der Waals surface area contributed by atoms with Crippen LogP contribution >= 0.6 is 11.3 Å². The predicted octanol–water partition coefficient (Wildman–Crippen LogP) is 4.23. The highest BCUT2D eigenvalue weighted by Gasteiger charge is 2.20. The van der Waals surface area contributed by atoms with E-state index in [4.69, 9.17) is 9.72 Å². The number of rotatable bonds is 7. The summed E-state index contributed by atoms with van der Waals surface area (Å²) in [6.45, 7) is 4.86. The van der Waals surface area contributed by atoms with E-state index in [9.17, 15) is 0 Å². The first-order valence-corrected chi connectivity index (χ1v) is 8.85. The highest BCUT2D eigenvalue weighted by molar-refractivity contribution is 7.11. The molecule has 1 fully saturated rings. The Morgan fingerprint density at radius 1 is 1.25 bits per heavy atom. The van der Waals surface area contributed by atoms with Crippen molar-refractivity contribution in [3.05, 3.63) is 15.6 Å². The molecule has 0 saturated heterocycles. The maximum atomic E-state index is 5.32. The molecule has 1 saturated carbocycles. The highest BCUT2D eigenvalue weighted by atomic mass is 32.1. The van der Waals surface area contributed by atoms with Gasteiger partial charge in [0.2, 0.25) is 0 Å². The molecule has 1 aliphatic carbocycles. The first-order valence-electron chi connectivity index (χ1n) is 8.03. The lowest BCUT2D eigenvalue weighted by molar-refractivity contribution is 0.181. The van der Waals surface area contributed by atoms with Crippen LogP contribution in [0.1, 0.15) is 73.4 Å². The van der Waals surface area contributed by atoms with Crippen LogP contribution < -0.4 is 5.32 Å².